The minimum absolute atomic E-state index is 0.179. The quantitative estimate of drug-likeness (QED) is 0.536. The Balaban J connectivity index is 1.36. The van der Waals surface area contributed by atoms with Gasteiger partial charge in [0.05, 0.1) is 18.7 Å². The Bertz CT molecular complexity index is 1020. The van der Waals surface area contributed by atoms with Crippen LogP contribution in [0.15, 0.2) is 59.2 Å². The molecule has 1 aromatic heterocycles. The van der Waals surface area contributed by atoms with E-state index in [1.807, 2.05) is 50.2 Å². The van der Waals surface area contributed by atoms with Crippen LogP contribution in [0.2, 0.25) is 0 Å². The third-order valence-corrected chi connectivity index (χ3v) is 5.94. The van der Waals surface area contributed by atoms with Crippen molar-refractivity contribution < 1.29 is 19.1 Å². The predicted octanol–water partition coefficient (Wildman–Crippen LogP) is 5.49. The summed E-state index contributed by atoms with van der Waals surface area (Å²) in [5.74, 6) is 0.997. The van der Waals surface area contributed by atoms with Crippen LogP contribution in [-0.4, -0.2) is 22.7 Å². The molecule has 0 fully saturated rings. The van der Waals surface area contributed by atoms with E-state index in [0.717, 1.165) is 29.8 Å². The van der Waals surface area contributed by atoms with Gasteiger partial charge in [0.2, 0.25) is 5.89 Å². The Hall–Kier alpha value is -3.08. The van der Waals surface area contributed by atoms with E-state index >= 15 is 0 Å². The van der Waals surface area contributed by atoms with Crippen LogP contribution in [0, 0.1) is 5.41 Å². The number of ether oxygens (including phenoxy) is 1. The molecule has 2 aromatic carbocycles. The average molecular weight is 405 g/mol. The topological polar surface area (TPSA) is 72.6 Å². The van der Waals surface area contributed by atoms with Crippen LogP contribution in [0.4, 0.5) is 0 Å². The molecule has 0 bridgehead atoms. The van der Waals surface area contributed by atoms with Crippen molar-refractivity contribution in [1.82, 2.24) is 4.98 Å². The molecule has 0 saturated heterocycles. The largest absolute Gasteiger partial charge is 0.493 e. The number of aromatic nitrogens is 1. The lowest BCUT2D eigenvalue weighted by Crippen LogP contribution is -2.24. The van der Waals surface area contributed by atoms with Gasteiger partial charge in [-0.1, -0.05) is 38.1 Å². The molecule has 1 unspecified atom stereocenters. The lowest BCUT2D eigenvalue weighted by atomic mass is 9.73. The summed E-state index contributed by atoms with van der Waals surface area (Å²) in [4.78, 5) is 15.8. The zero-order valence-electron chi connectivity index (χ0n) is 17.4. The van der Waals surface area contributed by atoms with E-state index in [9.17, 15) is 9.90 Å². The van der Waals surface area contributed by atoms with Crippen LogP contribution in [0.5, 0.6) is 5.75 Å². The highest BCUT2D eigenvalue weighted by Gasteiger charge is 2.37. The van der Waals surface area contributed by atoms with Gasteiger partial charge in [-0.3, -0.25) is 4.79 Å². The molecule has 1 aliphatic carbocycles. The maximum Gasteiger partial charge on any atom is 0.303 e. The van der Waals surface area contributed by atoms with Gasteiger partial charge in [-0.15, -0.1) is 0 Å². The Kier molecular flexibility index (Phi) is 5.62. The van der Waals surface area contributed by atoms with Gasteiger partial charge >= 0.3 is 5.97 Å². The number of fused-ring (bicyclic) bond motifs is 1. The molecule has 30 heavy (non-hydrogen) atoms. The fourth-order valence-corrected chi connectivity index (χ4v) is 4.42. The molecule has 5 heteroatoms. The third kappa shape index (κ3) is 4.40. The number of benzene rings is 2. The Morgan fingerprint density at radius 2 is 2.03 bits per heavy atom. The summed E-state index contributed by atoms with van der Waals surface area (Å²) in [5, 5.41) is 9.23. The normalized spacial score (nSPS) is 15.7. The second kappa shape index (κ2) is 8.34. The lowest BCUT2D eigenvalue weighted by molar-refractivity contribution is -0.139. The number of oxazole rings is 1. The maximum atomic E-state index is 11.2. The standard InChI is InChI=1S/C25H27NO4/c1-25(2,15-23(27)28)22-11-8-18-14-20(9-10-21(18)22)29-13-12-19-16-30-24(26-19)17-6-4-3-5-7-17/h3-7,9-10,14,16,22H,8,11-13,15H2,1-2H3,(H,27,28). The second-order valence-corrected chi connectivity index (χ2v) is 8.62. The summed E-state index contributed by atoms with van der Waals surface area (Å²) >= 11 is 0. The summed E-state index contributed by atoms with van der Waals surface area (Å²) < 4.78 is 11.5. The highest BCUT2D eigenvalue weighted by Crippen LogP contribution is 2.47. The number of nitrogens with zero attached hydrogens (tertiary/aromatic N) is 1. The summed E-state index contributed by atoms with van der Waals surface area (Å²) in [6, 6.07) is 16.0. The molecule has 5 nitrogen and oxygen atoms in total. The van der Waals surface area contributed by atoms with E-state index in [2.05, 4.69) is 17.1 Å². The number of carboxylic acid groups (broad SMARTS) is 1. The van der Waals surface area contributed by atoms with Crippen LogP contribution in [0.3, 0.4) is 0 Å². The van der Waals surface area contributed by atoms with Gasteiger partial charge in [0.15, 0.2) is 0 Å². The smallest absolute Gasteiger partial charge is 0.303 e. The lowest BCUT2D eigenvalue weighted by Gasteiger charge is -2.31. The van der Waals surface area contributed by atoms with Crippen molar-refractivity contribution in [3.05, 3.63) is 71.6 Å². The number of hydrogen-bond donors (Lipinski definition) is 1. The third-order valence-electron chi connectivity index (χ3n) is 5.94. The van der Waals surface area contributed by atoms with E-state index in [1.54, 1.807) is 6.26 Å². The molecule has 1 heterocycles. The van der Waals surface area contributed by atoms with Gasteiger partial charge in [0.25, 0.3) is 0 Å². The minimum Gasteiger partial charge on any atom is -0.493 e. The van der Waals surface area contributed by atoms with Gasteiger partial charge < -0.3 is 14.3 Å². The first-order valence-electron chi connectivity index (χ1n) is 10.4. The summed E-state index contributed by atoms with van der Waals surface area (Å²) in [6.45, 7) is 4.62. The zero-order chi connectivity index (χ0) is 21.1. The van der Waals surface area contributed by atoms with Crippen molar-refractivity contribution in [2.24, 2.45) is 5.41 Å². The van der Waals surface area contributed by atoms with Crippen molar-refractivity contribution in [1.29, 1.82) is 0 Å². The number of aliphatic carboxylic acids is 1. The highest BCUT2D eigenvalue weighted by atomic mass is 16.5. The summed E-state index contributed by atoms with van der Waals surface area (Å²) in [6.07, 6.45) is 4.48. The highest BCUT2D eigenvalue weighted by molar-refractivity contribution is 5.68. The fourth-order valence-electron chi connectivity index (χ4n) is 4.42. The molecule has 1 aliphatic rings. The Labute approximate surface area is 176 Å². The minimum atomic E-state index is -0.739. The maximum absolute atomic E-state index is 11.2. The van der Waals surface area contributed by atoms with Crippen LogP contribution in [0.25, 0.3) is 11.5 Å². The van der Waals surface area contributed by atoms with Crippen LogP contribution in [0.1, 0.15) is 49.4 Å². The first-order valence-corrected chi connectivity index (χ1v) is 10.4. The van der Waals surface area contributed by atoms with E-state index < -0.39 is 5.97 Å². The molecular formula is C25H27NO4. The zero-order valence-corrected chi connectivity index (χ0v) is 17.4. The average Bonchev–Trinajstić information content (AvgIpc) is 3.35. The van der Waals surface area contributed by atoms with E-state index in [-0.39, 0.29) is 17.8 Å². The number of rotatable bonds is 8. The Morgan fingerprint density at radius 1 is 1.23 bits per heavy atom. The molecule has 0 spiro atoms. The molecule has 0 radical (unpaired) electrons. The molecular weight excluding hydrogens is 378 g/mol. The second-order valence-electron chi connectivity index (χ2n) is 8.62. The number of hydrogen-bond acceptors (Lipinski definition) is 4. The molecule has 4 rings (SSSR count). The molecule has 0 aliphatic heterocycles. The van der Waals surface area contributed by atoms with E-state index in [1.165, 1.54) is 11.1 Å². The molecule has 1 atom stereocenters. The first kappa shape index (κ1) is 20.2. The van der Waals surface area contributed by atoms with Gasteiger partial charge in [-0.2, -0.15) is 0 Å². The summed E-state index contributed by atoms with van der Waals surface area (Å²) in [7, 11) is 0. The van der Waals surface area contributed by atoms with E-state index in [4.69, 9.17) is 9.15 Å². The fraction of sp³-hybridized carbons (Fsp3) is 0.360. The molecule has 0 saturated carbocycles. The van der Waals surface area contributed by atoms with Crippen molar-refractivity contribution in [2.45, 2.75) is 45.4 Å². The first-order chi connectivity index (χ1) is 14.4. The number of aryl methyl sites for hydroxylation is 1. The van der Waals surface area contributed by atoms with E-state index in [0.29, 0.717) is 18.9 Å². The SMILES string of the molecule is CC(C)(CC(=O)O)C1CCc2cc(OCCc3coc(-c4ccccc4)n3)ccc21. The van der Waals surface area contributed by atoms with Crippen molar-refractivity contribution in [2.75, 3.05) is 6.61 Å². The Morgan fingerprint density at radius 3 is 2.80 bits per heavy atom. The van der Waals surface area contributed by atoms with Gasteiger partial charge in [0.1, 0.15) is 12.0 Å². The molecule has 1 N–H and O–H groups in total. The van der Waals surface area contributed by atoms with Crippen molar-refractivity contribution in [3.8, 4) is 17.2 Å². The van der Waals surface area contributed by atoms with Crippen molar-refractivity contribution >= 4 is 5.97 Å². The van der Waals surface area contributed by atoms with Gasteiger partial charge in [-0.25, -0.2) is 4.98 Å². The number of carbonyl (C=O) groups is 1. The molecule has 0 amide bonds. The number of carboxylic acids is 1. The van der Waals surface area contributed by atoms with Crippen LogP contribution >= 0.6 is 0 Å². The monoisotopic (exact) mass is 405 g/mol. The van der Waals surface area contributed by atoms with Crippen LogP contribution < -0.4 is 4.74 Å². The van der Waals surface area contributed by atoms with Gasteiger partial charge in [0, 0.05) is 12.0 Å². The predicted molar refractivity (Wildman–Crippen MR) is 115 cm³/mol. The van der Waals surface area contributed by atoms with Crippen molar-refractivity contribution in [3.63, 3.8) is 0 Å². The summed E-state index contributed by atoms with van der Waals surface area (Å²) in [5.41, 5.74) is 4.10. The van der Waals surface area contributed by atoms with Crippen LogP contribution in [-0.2, 0) is 17.6 Å². The molecule has 156 valence electrons. The van der Waals surface area contributed by atoms with Gasteiger partial charge in [-0.05, 0) is 59.6 Å². The molecule has 3 aromatic rings.